The molecule has 1 aromatic carbocycles. The van der Waals surface area contributed by atoms with Gasteiger partial charge in [0.15, 0.2) is 0 Å². The van der Waals surface area contributed by atoms with Gasteiger partial charge in [0.2, 0.25) is 5.91 Å². The third-order valence-corrected chi connectivity index (χ3v) is 7.24. The van der Waals surface area contributed by atoms with E-state index in [0.29, 0.717) is 6.42 Å². The second-order valence-corrected chi connectivity index (χ2v) is 10.0. The van der Waals surface area contributed by atoms with Crippen molar-refractivity contribution in [2.24, 2.45) is 0 Å². The standard InChI is InChI=1S/C25H27N7O.C2HF3O2/c1-15-9-21-18(12-29-31-21)24-17(15)6-2-3-7-23(33)30-16-5-4-8-32(13-16)25-19-11-26-22(24)10-20(19)27-14-28-25;3-2(4,5)1(6)7/h9-12,14,16H,2-8,13H2,1H3,(H,29,31)(H,30,33);(H,6,7). The lowest BCUT2D eigenvalue weighted by molar-refractivity contribution is -0.192. The van der Waals surface area contributed by atoms with Crippen molar-refractivity contribution < 1.29 is 27.9 Å². The molecule has 6 heterocycles. The van der Waals surface area contributed by atoms with E-state index in [1.807, 2.05) is 12.4 Å². The van der Waals surface area contributed by atoms with Crippen LogP contribution in [0.1, 0.15) is 43.2 Å². The summed E-state index contributed by atoms with van der Waals surface area (Å²) in [5.74, 6) is -1.72. The fourth-order valence-corrected chi connectivity index (χ4v) is 5.39. The van der Waals surface area contributed by atoms with Crippen molar-refractivity contribution in [1.82, 2.24) is 30.5 Å². The van der Waals surface area contributed by atoms with Gasteiger partial charge in [-0.3, -0.25) is 14.9 Å². The Bertz CT molecular complexity index is 1570. The quantitative estimate of drug-likeness (QED) is 0.292. The van der Waals surface area contributed by atoms with Crippen LogP contribution in [-0.2, 0) is 16.0 Å². The number of rotatable bonds is 0. The van der Waals surface area contributed by atoms with Crippen LogP contribution in [0, 0.1) is 6.92 Å². The van der Waals surface area contributed by atoms with E-state index in [2.05, 4.69) is 49.4 Å². The molecule has 1 saturated heterocycles. The van der Waals surface area contributed by atoms with E-state index in [1.165, 1.54) is 11.1 Å². The molecule has 3 aliphatic heterocycles. The Labute approximate surface area is 227 Å². The number of anilines is 1. The molecule has 3 aromatic heterocycles. The summed E-state index contributed by atoms with van der Waals surface area (Å²) in [7, 11) is 0. The summed E-state index contributed by atoms with van der Waals surface area (Å²) in [5, 5.41) is 19.8. The van der Waals surface area contributed by atoms with Gasteiger partial charge in [-0.05, 0) is 62.3 Å². The number of benzene rings is 1. The van der Waals surface area contributed by atoms with Gasteiger partial charge in [-0.1, -0.05) is 0 Å². The number of H-pyrrole nitrogens is 1. The Morgan fingerprint density at radius 3 is 2.62 bits per heavy atom. The average Bonchev–Trinajstić information content (AvgIpc) is 3.37. The number of carbonyl (C=O) groups is 2. The highest BCUT2D eigenvalue weighted by Crippen LogP contribution is 2.36. The summed E-state index contributed by atoms with van der Waals surface area (Å²) in [6, 6.07) is 4.39. The lowest BCUT2D eigenvalue weighted by Gasteiger charge is -2.34. The zero-order chi connectivity index (χ0) is 28.4. The number of aliphatic carboxylic acids is 1. The third-order valence-electron chi connectivity index (χ3n) is 7.24. The number of aromatic nitrogens is 5. The van der Waals surface area contributed by atoms with Gasteiger partial charge in [0, 0.05) is 42.7 Å². The van der Waals surface area contributed by atoms with E-state index < -0.39 is 12.1 Å². The van der Waals surface area contributed by atoms with Crippen LogP contribution in [0.5, 0.6) is 0 Å². The molecule has 7 rings (SSSR count). The molecule has 1 atom stereocenters. The number of carboxylic acids is 1. The fourth-order valence-electron chi connectivity index (χ4n) is 5.39. The van der Waals surface area contributed by atoms with Gasteiger partial charge < -0.3 is 15.3 Å². The molecule has 1 unspecified atom stereocenters. The predicted octanol–water partition coefficient (Wildman–Crippen LogP) is 4.32. The van der Waals surface area contributed by atoms with Gasteiger partial charge in [-0.25, -0.2) is 14.8 Å². The SMILES string of the molecule is Cc1cc2[nH]ncc2c2c1CCCCC(=O)NC1CCCN(C1)c1ncnc3cc-2ncc13.O=C(O)C(F)(F)F. The molecule has 1 amide bonds. The zero-order valence-corrected chi connectivity index (χ0v) is 21.8. The summed E-state index contributed by atoms with van der Waals surface area (Å²) < 4.78 is 31.7. The highest BCUT2D eigenvalue weighted by Gasteiger charge is 2.38. The van der Waals surface area contributed by atoms with Crippen molar-refractivity contribution in [2.45, 2.75) is 57.7 Å². The number of alkyl halides is 3. The largest absolute Gasteiger partial charge is 0.490 e. The summed E-state index contributed by atoms with van der Waals surface area (Å²) in [4.78, 5) is 37.9. The van der Waals surface area contributed by atoms with E-state index in [0.717, 1.165) is 84.1 Å². The molecule has 40 heavy (non-hydrogen) atoms. The number of carbonyl (C=O) groups excluding carboxylic acids is 1. The van der Waals surface area contributed by atoms with E-state index >= 15 is 0 Å². The van der Waals surface area contributed by atoms with E-state index in [9.17, 15) is 18.0 Å². The number of hydrogen-bond donors (Lipinski definition) is 3. The maximum atomic E-state index is 12.6. The Kier molecular flexibility index (Phi) is 7.55. The first-order chi connectivity index (χ1) is 19.1. The van der Waals surface area contributed by atoms with Crippen LogP contribution in [-0.4, -0.2) is 67.4 Å². The van der Waals surface area contributed by atoms with Crippen LogP contribution in [0.4, 0.5) is 19.0 Å². The number of fused-ring (bicyclic) bond motifs is 7. The van der Waals surface area contributed by atoms with E-state index in [-0.39, 0.29) is 11.9 Å². The third kappa shape index (κ3) is 5.68. The lowest BCUT2D eigenvalue weighted by Crippen LogP contribution is -2.48. The Hall–Kier alpha value is -4.29. The second kappa shape index (κ2) is 11.1. The molecule has 0 aliphatic carbocycles. The van der Waals surface area contributed by atoms with Crippen LogP contribution in [0.15, 0.2) is 30.9 Å². The molecule has 4 aromatic rings. The molecular weight excluding hydrogens is 527 g/mol. The first kappa shape index (κ1) is 27.3. The minimum Gasteiger partial charge on any atom is -0.475 e. The van der Waals surface area contributed by atoms with E-state index in [1.54, 1.807) is 6.33 Å². The summed E-state index contributed by atoms with van der Waals surface area (Å²) in [6.45, 7) is 3.81. The normalized spacial score (nSPS) is 17.9. The predicted molar refractivity (Wildman–Crippen MR) is 142 cm³/mol. The number of halogens is 3. The highest BCUT2D eigenvalue weighted by molar-refractivity contribution is 5.99. The number of amides is 1. The maximum absolute atomic E-state index is 12.6. The molecule has 10 nitrogen and oxygen atoms in total. The minimum atomic E-state index is -5.08. The number of pyridine rings is 1. The fraction of sp³-hybridized carbons (Fsp3) is 0.407. The molecule has 0 saturated carbocycles. The van der Waals surface area contributed by atoms with Crippen molar-refractivity contribution in [2.75, 3.05) is 18.0 Å². The average molecular weight is 556 g/mol. The molecule has 0 radical (unpaired) electrons. The van der Waals surface area contributed by atoms with Crippen LogP contribution >= 0.6 is 0 Å². The Morgan fingerprint density at radius 1 is 1.07 bits per heavy atom. The number of nitrogens with zero attached hydrogens (tertiary/aromatic N) is 5. The van der Waals surface area contributed by atoms with Crippen LogP contribution in [0.3, 0.4) is 0 Å². The summed E-state index contributed by atoms with van der Waals surface area (Å²) >= 11 is 0. The molecule has 13 heteroatoms. The van der Waals surface area contributed by atoms with Crippen LogP contribution in [0.2, 0.25) is 0 Å². The molecule has 6 bridgehead atoms. The van der Waals surface area contributed by atoms with E-state index in [4.69, 9.17) is 14.9 Å². The van der Waals surface area contributed by atoms with Gasteiger partial charge in [-0.15, -0.1) is 0 Å². The first-order valence-electron chi connectivity index (χ1n) is 13.0. The Morgan fingerprint density at radius 2 is 1.85 bits per heavy atom. The molecule has 210 valence electrons. The van der Waals surface area contributed by atoms with Crippen LogP contribution in [0.25, 0.3) is 33.1 Å². The second-order valence-electron chi connectivity index (χ2n) is 10.0. The van der Waals surface area contributed by atoms with Crippen LogP contribution < -0.4 is 10.2 Å². The number of hydrogen-bond acceptors (Lipinski definition) is 7. The molecule has 1 fully saturated rings. The van der Waals surface area contributed by atoms with Crippen molar-refractivity contribution >= 4 is 39.5 Å². The molecular formula is C27H28F3N7O3. The Balaban J connectivity index is 0.000000411. The number of aromatic amines is 1. The molecule has 3 aliphatic rings. The number of nitrogens with one attached hydrogen (secondary N) is 2. The van der Waals surface area contributed by atoms with Crippen molar-refractivity contribution in [3.05, 3.63) is 42.0 Å². The number of aryl methyl sites for hydroxylation is 1. The van der Waals surface area contributed by atoms with Crippen molar-refractivity contribution in [1.29, 1.82) is 0 Å². The van der Waals surface area contributed by atoms with Gasteiger partial charge in [0.25, 0.3) is 0 Å². The minimum absolute atomic E-state index is 0.147. The zero-order valence-electron chi connectivity index (χ0n) is 21.8. The molecule has 3 N–H and O–H groups in total. The summed E-state index contributed by atoms with van der Waals surface area (Å²) in [6.07, 6.45) is 5.62. The number of carboxylic acid groups (broad SMARTS) is 1. The lowest BCUT2D eigenvalue weighted by atomic mass is 9.91. The smallest absolute Gasteiger partial charge is 0.475 e. The highest BCUT2D eigenvalue weighted by atomic mass is 19.4. The molecule has 0 spiro atoms. The van der Waals surface area contributed by atoms with Crippen molar-refractivity contribution in [3.8, 4) is 11.3 Å². The van der Waals surface area contributed by atoms with Crippen molar-refractivity contribution in [3.63, 3.8) is 0 Å². The maximum Gasteiger partial charge on any atom is 0.490 e. The number of piperidine rings is 1. The van der Waals surface area contributed by atoms with Gasteiger partial charge in [0.05, 0.1) is 28.3 Å². The topological polar surface area (TPSA) is 137 Å². The first-order valence-corrected chi connectivity index (χ1v) is 13.0. The van der Waals surface area contributed by atoms with Gasteiger partial charge in [-0.2, -0.15) is 18.3 Å². The summed E-state index contributed by atoms with van der Waals surface area (Å²) in [5.41, 5.74) is 6.36. The monoisotopic (exact) mass is 555 g/mol. The van der Waals surface area contributed by atoms with Gasteiger partial charge >= 0.3 is 12.1 Å². The van der Waals surface area contributed by atoms with Gasteiger partial charge in [0.1, 0.15) is 12.1 Å².